The van der Waals surface area contributed by atoms with Crippen molar-refractivity contribution in [3.63, 3.8) is 0 Å². The van der Waals surface area contributed by atoms with Gasteiger partial charge in [-0.25, -0.2) is 9.78 Å². The summed E-state index contributed by atoms with van der Waals surface area (Å²) < 4.78 is 9.79. The Morgan fingerprint density at radius 1 is 1.59 bits per heavy atom. The molecule has 17 heavy (non-hydrogen) atoms. The summed E-state index contributed by atoms with van der Waals surface area (Å²) in [5.41, 5.74) is 6.23. The van der Waals surface area contributed by atoms with E-state index in [2.05, 4.69) is 10.3 Å². The molecule has 0 aliphatic carbocycles. The van der Waals surface area contributed by atoms with E-state index < -0.39 is 6.09 Å². The summed E-state index contributed by atoms with van der Waals surface area (Å²) in [5.74, 6) is 0.478. The molecule has 0 aromatic carbocycles. The van der Waals surface area contributed by atoms with Gasteiger partial charge in [0.2, 0.25) is 5.88 Å². The Kier molecular flexibility index (Phi) is 5.22. The maximum atomic E-state index is 11.3. The van der Waals surface area contributed by atoms with Gasteiger partial charge < -0.3 is 20.5 Å². The molecule has 1 aromatic rings. The molecule has 0 bridgehead atoms. The maximum Gasteiger partial charge on any atom is 0.407 e. The number of amides is 1. The van der Waals surface area contributed by atoms with Gasteiger partial charge in [-0.3, -0.25) is 0 Å². The molecule has 0 radical (unpaired) electrons. The van der Waals surface area contributed by atoms with Crippen LogP contribution in [0.2, 0.25) is 0 Å². The fourth-order valence-electron chi connectivity index (χ4n) is 1.31. The van der Waals surface area contributed by atoms with Crippen molar-refractivity contribution in [2.75, 3.05) is 20.3 Å². The molecule has 0 saturated carbocycles. The van der Waals surface area contributed by atoms with E-state index in [-0.39, 0.29) is 12.6 Å². The number of ether oxygens (including phenoxy) is 2. The molecule has 0 saturated heterocycles. The van der Waals surface area contributed by atoms with Gasteiger partial charge in [-0.15, -0.1) is 0 Å². The SMILES string of the molecule is CCOC(=O)NC(CN)c1cccc(OC)n1. The smallest absolute Gasteiger partial charge is 0.407 e. The second kappa shape index (κ2) is 6.70. The van der Waals surface area contributed by atoms with E-state index in [9.17, 15) is 4.79 Å². The van der Waals surface area contributed by atoms with Crippen LogP contribution in [-0.4, -0.2) is 31.3 Å². The summed E-state index contributed by atoms with van der Waals surface area (Å²) in [6, 6.07) is 4.90. The van der Waals surface area contributed by atoms with Crippen LogP contribution in [0.1, 0.15) is 18.7 Å². The van der Waals surface area contributed by atoms with Crippen molar-refractivity contribution < 1.29 is 14.3 Å². The van der Waals surface area contributed by atoms with Gasteiger partial charge in [0.1, 0.15) is 0 Å². The Labute approximate surface area is 100 Å². The first-order chi connectivity index (χ1) is 8.21. The van der Waals surface area contributed by atoms with Gasteiger partial charge in [-0.05, 0) is 13.0 Å². The number of rotatable bonds is 5. The molecule has 0 fully saturated rings. The number of aromatic nitrogens is 1. The Hall–Kier alpha value is -1.82. The number of methoxy groups -OCH3 is 1. The predicted octanol–water partition coefficient (Wildman–Crippen LogP) is 0.836. The lowest BCUT2D eigenvalue weighted by molar-refractivity contribution is 0.148. The normalized spacial score (nSPS) is 11.7. The van der Waals surface area contributed by atoms with E-state index in [1.165, 1.54) is 7.11 Å². The highest BCUT2D eigenvalue weighted by atomic mass is 16.5. The van der Waals surface area contributed by atoms with E-state index in [4.69, 9.17) is 15.2 Å². The average Bonchev–Trinajstić information content (AvgIpc) is 2.36. The summed E-state index contributed by atoms with van der Waals surface area (Å²) in [4.78, 5) is 15.5. The minimum Gasteiger partial charge on any atom is -0.481 e. The third-order valence-electron chi connectivity index (χ3n) is 2.11. The lowest BCUT2D eigenvalue weighted by Crippen LogP contribution is -2.34. The first-order valence-electron chi connectivity index (χ1n) is 5.35. The van der Waals surface area contributed by atoms with Crippen LogP contribution >= 0.6 is 0 Å². The summed E-state index contributed by atoms with van der Waals surface area (Å²) in [7, 11) is 1.53. The van der Waals surface area contributed by atoms with E-state index in [0.717, 1.165) is 0 Å². The first kappa shape index (κ1) is 13.2. The van der Waals surface area contributed by atoms with Crippen molar-refractivity contribution in [2.45, 2.75) is 13.0 Å². The van der Waals surface area contributed by atoms with Crippen LogP contribution < -0.4 is 15.8 Å². The molecular formula is C11H17N3O3. The van der Waals surface area contributed by atoms with Crippen molar-refractivity contribution in [1.82, 2.24) is 10.3 Å². The molecule has 0 spiro atoms. The molecular weight excluding hydrogens is 222 g/mol. The van der Waals surface area contributed by atoms with Crippen LogP contribution in [0, 0.1) is 0 Å². The van der Waals surface area contributed by atoms with Crippen LogP contribution in [-0.2, 0) is 4.74 Å². The van der Waals surface area contributed by atoms with Crippen LogP contribution in [0.25, 0.3) is 0 Å². The van der Waals surface area contributed by atoms with E-state index in [1.807, 2.05) is 0 Å². The number of alkyl carbamates (subject to hydrolysis) is 1. The van der Waals surface area contributed by atoms with Crippen molar-refractivity contribution in [1.29, 1.82) is 0 Å². The van der Waals surface area contributed by atoms with Crippen molar-refractivity contribution in [3.8, 4) is 5.88 Å². The third-order valence-corrected chi connectivity index (χ3v) is 2.11. The number of hydrogen-bond donors (Lipinski definition) is 2. The van der Waals surface area contributed by atoms with Crippen molar-refractivity contribution >= 4 is 6.09 Å². The predicted molar refractivity (Wildman–Crippen MR) is 62.7 cm³/mol. The molecule has 0 aliphatic rings. The fourth-order valence-corrected chi connectivity index (χ4v) is 1.31. The standard InChI is InChI=1S/C11H17N3O3/c1-3-17-11(15)14-9(7-12)8-5-4-6-10(13-8)16-2/h4-6,9H,3,7,12H2,1-2H3,(H,14,15). The molecule has 6 heteroatoms. The lowest BCUT2D eigenvalue weighted by Gasteiger charge is -2.16. The highest BCUT2D eigenvalue weighted by Crippen LogP contribution is 2.13. The zero-order valence-corrected chi connectivity index (χ0v) is 9.97. The van der Waals surface area contributed by atoms with Gasteiger partial charge in [-0.2, -0.15) is 0 Å². The van der Waals surface area contributed by atoms with Gasteiger partial charge >= 0.3 is 6.09 Å². The number of nitrogens with two attached hydrogens (primary N) is 1. The molecule has 1 heterocycles. The summed E-state index contributed by atoms with van der Waals surface area (Å²) in [6.45, 7) is 2.29. The minimum absolute atomic E-state index is 0.235. The molecule has 1 unspecified atom stereocenters. The molecule has 6 nitrogen and oxygen atoms in total. The zero-order valence-electron chi connectivity index (χ0n) is 9.97. The number of carbonyl (C=O) groups excluding carboxylic acids is 1. The van der Waals surface area contributed by atoms with Gasteiger partial charge in [0.05, 0.1) is 25.5 Å². The van der Waals surface area contributed by atoms with Gasteiger partial charge in [0.25, 0.3) is 0 Å². The summed E-state index contributed by atoms with van der Waals surface area (Å²) in [6.07, 6.45) is -0.507. The van der Waals surface area contributed by atoms with E-state index in [0.29, 0.717) is 18.2 Å². The summed E-state index contributed by atoms with van der Waals surface area (Å²) >= 11 is 0. The quantitative estimate of drug-likeness (QED) is 0.795. The van der Waals surface area contributed by atoms with E-state index in [1.54, 1.807) is 25.1 Å². The highest BCUT2D eigenvalue weighted by Gasteiger charge is 2.15. The highest BCUT2D eigenvalue weighted by molar-refractivity contribution is 5.67. The number of carbonyl (C=O) groups is 1. The maximum absolute atomic E-state index is 11.3. The van der Waals surface area contributed by atoms with Gasteiger partial charge in [0, 0.05) is 12.6 Å². The van der Waals surface area contributed by atoms with Crippen LogP contribution in [0.5, 0.6) is 5.88 Å². The third kappa shape index (κ3) is 3.92. The van der Waals surface area contributed by atoms with Crippen LogP contribution in [0.15, 0.2) is 18.2 Å². The topological polar surface area (TPSA) is 86.5 Å². The summed E-state index contributed by atoms with van der Waals surface area (Å²) in [5, 5.41) is 2.63. The van der Waals surface area contributed by atoms with Gasteiger partial charge in [0.15, 0.2) is 0 Å². The molecule has 1 aromatic heterocycles. The van der Waals surface area contributed by atoms with Crippen molar-refractivity contribution in [2.24, 2.45) is 5.73 Å². The zero-order chi connectivity index (χ0) is 12.7. The molecule has 1 amide bonds. The number of nitrogens with one attached hydrogen (secondary N) is 1. The molecule has 1 atom stereocenters. The number of hydrogen-bond acceptors (Lipinski definition) is 5. The largest absolute Gasteiger partial charge is 0.481 e. The average molecular weight is 239 g/mol. The van der Waals surface area contributed by atoms with Crippen molar-refractivity contribution in [3.05, 3.63) is 23.9 Å². The number of nitrogens with zero attached hydrogens (tertiary/aromatic N) is 1. The molecule has 3 N–H and O–H groups in total. The molecule has 0 aliphatic heterocycles. The Morgan fingerprint density at radius 3 is 2.94 bits per heavy atom. The van der Waals surface area contributed by atoms with Crippen LogP contribution in [0.3, 0.4) is 0 Å². The minimum atomic E-state index is -0.507. The lowest BCUT2D eigenvalue weighted by atomic mass is 10.2. The molecule has 94 valence electrons. The Bertz CT molecular complexity index is 371. The second-order valence-electron chi connectivity index (χ2n) is 3.26. The first-order valence-corrected chi connectivity index (χ1v) is 5.35. The fraction of sp³-hybridized carbons (Fsp3) is 0.455. The van der Waals surface area contributed by atoms with Crippen LogP contribution in [0.4, 0.5) is 4.79 Å². The van der Waals surface area contributed by atoms with Gasteiger partial charge in [-0.1, -0.05) is 6.07 Å². The van der Waals surface area contributed by atoms with E-state index >= 15 is 0 Å². The monoisotopic (exact) mass is 239 g/mol. The second-order valence-corrected chi connectivity index (χ2v) is 3.26. The number of pyridine rings is 1. The Balaban J connectivity index is 2.74. The molecule has 1 rings (SSSR count). The Morgan fingerprint density at radius 2 is 2.35 bits per heavy atom.